The van der Waals surface area contributed by atoms with E-state index in [1.54, 1.807) is 22.6 Å². The van der Waals surface area contributed by atoms with Gasteiger partial charge in [-0.25, -0.2) is 18.4 Å². The van der Waals surface area contributed by atoms with Crippen molar-refractivity contribution in [1.29, 1.82) is 0 Å². The molecule has 10 heteroatoms. The van der Waals surface area contributed by atoms with Crippen LogP contribution in [-0.4, -0.2) is 78.5 Å². The number of amides is 1. The fourth-order valence-electron chi connectivity index (χ4n) is 3.99. The Balaban J connectivity index is 1.27. The summed E-state index contributed by atoms with van der Waals surface area (Å²) in [4.78, 5) is 25.6. The van der Waals surface area contributed by atoms with Gasteiger partial charge < -0.3 is 9.80 Å². The van der Waals surface area contributed by atoms with Gasteiger partial charge in [0.25, 0.3) is 0 Å². The van der Waals surface area contributed by atoms with Crippen molar-refractivity contribution < 1.29 is 13.2 Å². The topological polar surface area (TPSA) is 86.7 Å². The lowest BCUT2D eigenvalue weighted by atomic mass is 10.2. The van der Waals surface area contributed by atoms with E-state index in [1.807, 2.05) is 23.1 Å². The zero-order chi connectivity index (χ0) is 22.4. The molecule has 0 radical (unpaired) electrons. The van der Waals surface area contributed by atoms with Crippen molar-refractivity contribution in [2.75, 3.05) is 49.9 Å². The molecule has 4 heterocycles. The summed E-state index contributed by atoms with van der Waals surface area (Å²) in [5.74, 6) is 1.29. The number of hydrogen-bond acceptors (Lipinski definition) is 7. The second-order valence-corrected chi connectivity index (χ2v) is 10.9. The van der Waals surface area contributed by atoms with E-state index in [0.29, 0.717) is 31.2 Å². The van der Waals surface area contributed by atoms with Crippen LogP contribution in [0.15, 0.2) is 52.6 Å². The van der Waals surface area contributed by atoms with Crippen LogP contribution in [0, 0.1) is 0 Å². The predicted octanol–water partition coefficient (Wildman–Crippen LogP) is 2.48. The molecule has 2 aromatic heterocycles. The van der Waals surface area contributed by atoms with Gasteiger partial charge in [-0.15, -0.1) is 0 Å². The van der Waals surface area contributed by atoms with E-state index < -0.39 is 10.0 Å². The highest BCUT2D eigenvalue weighted by Crippen LogP contribution is 2.23. The monoisotopic (exact) mass is 475 g/mol. The van der Waals surface area contributed by atoms with Crippen LogP contribution in [0.5, 0.6) is 0 Å². The standard InChI is InChI=1S/C22H29N5O3S2/c28-22(26-15-13-25(14-16-26)20-7-3-4-10-23-20)18-31-21-9-8-19(17-24-21)32(29,30)27-11-5-1-2-6-12-27/h3-4,7-10,17H,1-2,5-6,11-16,18H2. The highest BCUT2D eigenvalue weighted by molar-refractivity contribution is 7.99. The van der Waals surface area contributed by atoms with Crippen LogP contribution in [0.25, 0.3) is 0 Å². The highest BCUT2D eigenvalue weighted by Gasteiger charge is 2.26. The average molecular weight is 476 g/mol. The minimum Gasteiger partial charge on any atom is -0.353 e. The van der Waals surface area contributed by atoms with Crippen LogP contribution in [0.2, 0.25) is 0 Å². The molecule has 2 aliphatic rings. The van der Waals surface area contributed by atoms with Gasteiger partial charge in [-0.3, -0.25) is 4.79 Å². The molecule has 0 spiro atoms. The Hall–Kier alpha value is -2.17. The number of carbonyl (C=O) groups excluding carboxylic acids is 1. The van der Waals surface area contributed by atoms with Crippen molar-refractivity contribution in [2.24, 2.45) is 0 Å². The minimum absolute atomic E-state index is 0.0683. The van der Waals surface area contributed by atoms with Crippen molar-refractivity contribution in [2.45, 2.75) is 35.6 Å². The third-order valence-corrected chi connectivity index (χ3v) is 8.67. The van der Waals surface area contributed by atoms with Crippen LogP contribution in [0.3, 0.4) is 0 Å². The molecule has 0 saturated carbocycles. The number of sulfonamides is 1. The zero-order valence-electron chi connectivity index (χ0n) is 18.1. The lowest BCUT2D eigenvalue weighted by Gasteiger charge is -2.35. The van der Waals surface area contributed by atoms with Gasteiger partial charge >= 0.3 is 0 Å². The molecule has 0 unspecified atom stereocenters. The molecule has 2 fully saturated rings. The molecule has 4 rings (SSSR count). The van der Waals surface area contributed by atoms with Gasteiger partial charge in [0.05, 0.1) is 10.8 Å². The molecule has 2 aromatic rings. The Morgan fingerprint density at radius 1 is 0.906 bits per heavy atom. The number of aromatic nitrogens is 2. The Kier molecular flexibility index (Phi) is 7.64. The molecule has 1 amide bonds. The molecule has 0 atom stereocenters. The molecule has 0 aromatic carbocycles. The maximum atomic E-state index is 12.9. The van der Waals surface area contributed by atoms with Gasteiger partial charge in [0.2, 0.25) is 15.9 Å². The number of hydrogen-bond donors (Lipinski definition) is 0. The van der Waals surface area contributed by atoms with Gasteiger partial charge in [-0.05, 0) is 37.1 Å². The summed E-state index contributed by atoms with van der Waals surface area (Å²) in [5, 5.41) is 0.653. The van der Waals surface area contributed by atoms with E-state index in [2.05, 4.69) is 14.9 Å². The summed E-state index contributed by atoms with van der Waals surface area (Å²) >= 11 is 1.34. The van der Waals surface area contributed by atoms with E-state index in [-0.39, 0.29) is 16.6 Å². The quantitative estimate of drug-likeness (QED) is 0.593. The van der Waals surface area contributed by atoms with Gasteiger partial charge in [0, 0.05) is 51.7 Å². The van der Waals surface area contributed by atoms with E-state index in [4.69, 9.17) is 0 Å². The molecule has 172 valence electrons. The van der Waals surface area contributed by atoms with Crippen molar-refractivity contribution >= 4 is 33.5 Å². The molecule has 2 aliphatic heterocycles. The first-order chi connectivity index (χ1) is 15.5. The highest BCUT2D eigenvalue weighted by atomic mass is 32.2. The SMILES string of the molecule is O=C(CSc1ccc(S(=O)(=O)N2CCCCCC2)cn1)N1CCN(c2ccccn2)CC1. The first kappa shape index (κ1) is 23.0. The second-order valence-electron chi connectivity index (χ2n) is 7.99. The van der Waals surface area contributed by atoms with Crippen LogP contribution < -0.4 is 4.90 Å². The first-order valence-corrected chi connectivity index (χ1v) is 13.5. The van der Waals surface area contributed by atoms with Crippen LogP contribution >= 0.6 is 11.8 Å². The summed E-state index contributed by atoms with van der Waals surface area (Å²) in [5.41, 5.74) is 0. The average Bonchev–Trinajstić information content (AvgIpc) is 3.14. The number of thioether (sulfide) groups is 1. The van der Waals surface area contributed by atoms with Crippen LogP contribution in [0.4, 0.5) is 5.82 Å². The summed E-state index contributed by atoms with van der Waals surface area (Å²) in [6.45, 7) is 3.98. The van der Waals surface area contributed by atoms with E-state index in [0.717, 1.165) is 44.6 Å². The third kappa shape index (κ3) is 5.60. The number of rotatable bonds is 6. The van der Waals surface area contributed by atoms with Crippen molar-refractivity contribution in [3.8, 4) is 0 Å². The van der Waals surface area contributed by atoms with Crippen LogP contribution in [0.1, 0.15) is 25.7 Å². The molecular weight excluding hydrogens is 446 g/mol. The minimum atomic E-state index is -3.50. The van der Waals surface area contributed by atoms with Gasteiger partial charge in [-0.2, -0.15) is 4.31 Å². The molecule has 0 bridgehead atoms. The molecule has 0 N–H and O–H groups in total. The maximum absolute atomic E-state index is 12.9. The predicted molar refractivity (Wildman–Crippen MR) is 125 cm³/mol. The fraction of sp³-hybridized carbons (Fsp3) is 0.500. The van der Waals surface area contributed by atoms with Gasteiger partial charge in [-0.1, -0.05) is 30.7 Å². The second kappa shape index (κ2) is 10.6. The molecule has 32 heavy (non-hydrogen) atoms. The number of carbonyl (C=O) groups is 1. The van der Waals surface area contributed by atoms with Crippen molar-refractivity contribution in [1.82, 2.24) is 19.2 Å². The molecule has 0 aliphatic carbocycles. The fourth-order valence-corrected chi connectivity index (χ4v) is 6.20. The normalized spacial score (nSPS) is 18.4. The number of anilines is 1. The van der Waals surface area contributed by atoms with Crippen LogP contribution in [-0.2, 0) is 14.8 Å². The Morgan fingerprint density at radius 3 is 2.28 bits per heavy atom. The van der Waals surface area contributed by atoms with E-state index >= 15 is 0 Å². The largest absolute Gasteiger partial charge is 0.353 e. The Morgan fingerprint density at radius 2 is 1.66 bits per heavy atom. The van der Waals surface area contributed by atoms with E-state index in [9.17, 15) is 13.2 Å². The lowest BCUT2D eigenvalue weighted by Crippen LogP contribution is -2.49. The first-order valence-electron chi connectivity index (χ1n) is 11.1. The summed E-state index contributed by atoms with van der Waals surface area (Å²) in [6.07, 6.45) is 7.15. The van der Waals surface area contributed by atoms with Gasteiger partial charge in [0.1, 0.15) is 10.7 Å². The van der Waals surface area contributed by atoms with Crippen molar-refractivity contribution in [3.05, 3.63) is 42.7 Å². The summed E-state index contributed by atoms with van der Waals surface area (Å²) in [6, 6.07) is 9.14. The zero-order valence-corrected chi connectivity index (χ0v) is 19.7. The number of nitrogens with zero attached hydrogens (tertiary/aromatic N) is 5. The molecule has 2 saturated heterocycles. The summed E-state index contributed by atoms with van der Waals surface area (Å²) < 4.78 is 27.3. The molecule has 8 nitrogen and oxygen atoms in total. The van der Waals surface area contributed by atoms with E-state index in [1.165, 1.54) is 18.0 Å². The van der Waals surface area contributed by atoms with Gasteiger partial charge in [0.15, 0.2) is 0 Å². The maximum Gasteiger partial charge on any atom is 0.244 e. The molecular formula is C22H29N5O3S2. The van der Waals surface area contributed by atoms with Crippen molar-refractivity contribution in [3.63, 3.8) is 0 Å². The third-order valence-electron chi connectivity index (χ3n) is 5.86. The Labute approximate surface area is 194 Å². The Bertz CT molecular complexity index is 986. The lowest BCUT2D eigenvalue weighted by molar-refractivity contribution is -0.128. The number of piperazine rings is 1. The summed E-state index contributed by atoms with van der Waals surface area (Å²) in [7, 11) is -3.50. The smallest absolute Gasteiger partial charge is 0.244 e. The number of pyridine rings is 2.